The van der Waals surface area contributed by atoms with E-state index in [1.807, 2.05) is 0 Å². The molecule has 0 aliphatic rings. The molecule has 0 amide bonds. The summed E-state index contributed by atoms with van der Waals surface area (Å²) in [7, 11) is 0. The SMILES string of the molecule is C#CCSCCNc1cc(C(=O)O)ncn1. The molecule has 0 radical (unpaired) electrons. The molecule has 1 heterocycles. The van der Waals surface area contributed by atoms with Crippen LogP contribution < -0.4 is 5.32 Å². The summed E-state index contributed by atoms with van der Waals surface area (Å²) in [5, 5.41) is 11.7. The minimum absolute atomic E-state index is 0.0197. The lowest BCUT2D eigenvalue weighted by atomic mass is 10.4. The highest BCUT2D eigenvalue weighted by Crippen LogP contribution is 2.04. The second-order valence-corrected chi connectivity index (χ2v) is 3.88. The number of nitrogens with one attached hydrogen (secondary N) is 1. The fourth-order valence-electron chi connectivity index (χ4n) is 0.953. The first kappa shape index (κ1) is 12.3. The zero-order chi connectivity index (χ0) is 11.8. The summed E-state index contributed by atoms with van der Waals surface area (Å²) in [6.07, 6.45) is 6.32. The van der Waals surface area contributed by atoms with Crippen LogP contribution in [0, 0.1) is 12.3 Å². The van der Waals surface area contributed by atoms with Crippen LogP contribution in [-0.4, -0.2) is 39.1 Å². The van der Waals surface area contributed by atoms with E-state index in [9.17, 15) is 4.79 Å². The third kappa shape index (κ3) is 4.19. The van der Waals surface area contributed by atoms with Crippen LogP contribution in [0.1, 0.15) is 10.5 Å². The smallest absolute Gasteiger partial charge is 0.354 e. The van der Waals surface area contributed by atoms with Crippen molar-refractivity contribution >= 4 is 23.5 Å². The maximum Gasteiger partial charge on any atom is 0.354 e. The number of aromatic carboxylic acids is 1. The van der Waals surface area contributed by atoms with Gasteiger partial charge in [0, 0.05) is 18.4 Å². The molecule has 16 heavy (non-hydrogen) atoms. The molecule has 1 aromatic rings. The molecule has 0 atom stereocenters. The number of carbonyl (C=O) groups is 1. The van der Waals surface area contributed by atoms with Gasteiger partial charge in [0.25, 0.3) is 0 Å². The minimum atomic E-state index is -1.06. The standard InChI is InChI=1S/C10H11N3O2S/c1-2-4-16-5-3-11-9-6-8(10(14)15)12-7-13-9/h1,6-7H,3-5H2,(H,14,15)(H,11,12,13). The predicted octanol–water partition coefficient (Wildman–Crippen LogP) is 0.953. The van der Waals surface area contributed by atoms with Gasteiger partial charge in [0.15, 0.2) is 5.69 Å². The van der Waals surface area contributed by atoms with E-state index < -0.39 is 5.97 Å². The summed E-state index contributed by atoms with van der Waals surface area (Å²) in [6, 6.07) is 1.40. The van der Waals surface area contributed by atoms with Crippen LogP contribution in [0.3, 0.4) is 0 Å². The van der Waals surface area contributed by atoms with Crippen molar-refractivity contribution in [1.29, 1.82) is 0 Å². The summed E-state index contributed by atoms with van der Waals surface area (Å²) in [5.41, 5.74) is -0.0197. The lowest BCUT2D eigenvalue weighted by Gasteiger charge is -2.04. The molecule has 84 valence electrons. The van der Waals surface area contributed by atoms with E-state index in [0.717, 1.165) is 5.75 Å². The average molecular weight is 237 g/mol. The number of hydrogen-bond donors (Lipinski definition) is 2. The lowest BCUT2D eigenvalue weighted by Crippen LogP contribution is -2.08. The number of carboxylic acids is 1. The van der Waals surface area contributed by atoms with Crippen LogP contribution in [0.5, 0.6) is 0 Å². The Hall–Kier alpha value is -1.74. The molecule has 0 aromatic carbocycles. The Kier molecular flexibility index (Phi) is 5.16. The van der Waals surface area contributed by atoms with Crippen molar-refractivity contribution in [2.24, 2.45) is 0 Å². The van der Waals surface area contributed by atoms with E-state index in [0.29, 0.717) is 18.1 Å². The normalized spacial score (nSPS) is 9.44. The van der Waals surface area contributed by atoms with Crippen LogP contribution in [-0.2, 0) is 0 Å². The Morgan fingerprint density at radius 3 is 3.12 bits per heavy atom. The largest absolute Gasteiger partial charge is 0.477 e. The summed E-state index contributed by atoms with van der Waals surface area (Å²) < 4.78 is 0. The van der Waals surface area contributed by atoms with Crippen LogP contribution in [0.25, 0.3) is 0 Å². The van der Waals surface area contributed by atoms with Crippen molar-refractivity contribution in [3.8, 4) is 12.3 Å². The molecular formula is C10H11N3O2S. The predicted molar refractivity (Wildman–Crippen MR) is 63.6 cm³/mol. The van der Waals surface area contributed by atoms with E-state index in [4.69, 9.17) is 11.5 Å². The van der Waals surface area contributed by atoms with Crippen LogP contribution in [0.2, 0.25) is 0 Å². The van der Waals surface area contributed by atoms with Gasteiger partial charge in [0.2, 0.25) is 0 Å². The van der Waals surface area contributed by atoms with E-state index in [2.05, 4.69) is 21.2 Å². The fourth-order valence-corrected chi connectivity index (χ4v) is 1.46. The molecule has 0 aliphatic heterocycles. The zero-order valence-corrected chi connectivity index (χ0v) is 9.33. The van der Waals surface area contributed by atoms with Gasteiger partial charge in [-0.25, -0.2) is 14.8 Å². The highest BCUT2D eigenvalue weighted by atomic mass is 32.2. The van der Waals surface area contributed by atoms with Crippen molar-refractivity contribution in [3.63, 3.8) is 0 Å². The monoisotopic (exact) mass is 237 g/mol. The molecular weight excluding hydrogens is 226 g/mol. The quantitative estimate of drug-likeness (QED) is 0.567. The average Bonchev–Trinajstić information content (AvgIpc) is 2.29. The van der Waals surface area contributed by atoms with Gasteiger partial charge < -0.3 is 10.4 Å². The van der Waals surface area contributed by atoms with Gasteiger partial charge in [-0.2, -0.15) is 0 Å². The molecule has 1 rings (SSSR count). The summed E-state index contributed by atoms with van der Waals surface area (Å²) in [5.74, 6) is 3.48. The van der Waals surface area contributed by atoms with Gasteiger partial charge in [-0.15, -0.1) is 18.2 Å². The van der Waals surface area contributed by atoms with E-state index in [-0.39, 0.29) is 5.69 Å². The molecule has 6 heteroatoms. The van der Waals surface area contributed by atoms with Gasteiger partial charge in [-0.1, -0.05) is 5.92 Å². The van der Waals surface area contributed by atoms with Gasteiger partial charge in [0.05, 0.1) is 5.75 Å². The molecule has 0 bridgehead atoms. The number of anilines is 1. The molecule has 0 spiro atoms. The first-order valence-corrected chi connectivity index (χ1v) is 5.70. The topological polar surface area (TPSA) is 75.1 Å². The molecule has 5 nitrogen and oxygen atoms in total. The third-order valence-corrected chi connectivity index (χ3v) is 2.49. The van der Waals surface area contributed by atoms with Crippen LogP contribution >= 0.6 is 11.8 Å². The molecule has 0 saturated carbocycles. The summed E-state index contributed by atoms with van der Waals surface area (Å²) in [4.78, 5) is 18.1. The van der Waals surface area contributed by atoms with E-state index >= 15 is 0 Å². The minimum Gasteiger partial charge on any atom is -0.477 e. The maximum absolute atomic E-state index is 10.6. The number of carboxylic acid groups (broad SMARTS) is 1. The maximum atomic E-state index is 10.6. The lowest BCUT2D eigenvalue weighted by molar-refractivity contribution is 0.0690. The zero-order valence-electron chi connectivity index (χ0n) is 8.51. The number of hydrogen-bond acceptors (Lipinski definition) is 5. The molecule has 1 aromatic heterocycles. The van der Waals surface area contributed by atoms with Crippen molar-refractivity contribution in [2.75, 3.05) is 23.4 Å². The summed E-state index contributed by atoms with van der Waals surface area (Å²) in [6.45, 7) is 0.683. The second-order valence-electron chi connectivity index (χ2n) is 2.78. The second kappa shape index (κ2) is 6.69. The van der Waals surface area contributed by atoms with Crippen molar-refractivity contribution in [1.82, 2.24) is 9.97 Å². The molecule has 0 aliphatic carbocycles. The highest BCUT2D eigenvalue weighted by Gasteiger charge is 2.05. The molecule has 0 unspecified atom stereocenters. The molecule has 2 N–H and O–H groups in total. The van der Waals surface area contributed by atoms with Gasteiger partial charge in [0.1, 0.15) is 12.1 Å². The number of nitrogens with zero attached hydrogens (tertiary/aromatic N) is 2. The number of terminal acetylenes is 1. The Labute approximate surface area is 97.7 Å². The number of rotatable bonds is 6. The molecule has 0 saturated heterocycles. The molecule has 0 fully saturated rings. The first-order chi connectivity index (χ1) is 7.74. The van der Waals surface area contributed by atoms with Crippen LogP contribution in [0.4, 0.5) is 5.82 Å². The van der Waals surface area contributed by atoms with Gasteiger partial charge in [-0.3, -0.25) is 0 Å². The third-order valence-electron chi connectivity index (χ3n) is 1.62. The van der Waals surface area contributed by atoms with Crippen molar-refractivity contribution < 1.29 is 9.90 Å². The number of aromatic nitrogens is 2. The van der Waals surface area contributed by atoms with Crippen molar-refractivity contribution in [3.05, 3.63) is 18.1 Å². The van der Waals surface area contributed by atoms with Gasteiger partial charge >= 0.3 is 5.97 Å². The number of thioether (sulfide) groups is 1. The Bertz CT molecular complexity index is 403. The van der Waals surface area contributed by atoms with Crippen LogP contribution in [0.15, 0.2) is 12.4 Å². The highest BCUT2D eigenvalue weighted by molar-refractivity contribution is 7.99. The fraction of sp³-hybridized carbons (Fsp3) is 0.300. The Morgan fingerprint density at radius 1 is 1.62 bits per heavy atom. The Balaban J connectivity index is 2.39. The summed E-state index contributed by atoms with van der Waals surface area (Å²) >= 11 is 1.62. The Morgan fingerprint density at radius 2 is 2.44 bits per heavy atom. The van der Waals surface area contributed by atoms with E-state index in [1.54, 1.807) is 11.8 Å². The van der Waals surface area contributed by atoms with Gasteiger partial charge in [-0.05, 0) is 0 Å². The first-order valence-electron chi connectivity index (χ1n) is 4.54. The van der Waals surface area contributed by atoms with Crippen molar-refractivity contribution in [2.45, 2.75) is 0 Å². The van der Waals surface area contributed by atoms with E-state index in [1.165, 1.54) is 12.4 Å².